The highest BCUT2D eigenvalue weighted by Gasteiger charge is 2.24. The molecule has 1 saturated heterocycles. The molecule has 3 aromatic rings. The molecule has 0 amide bonds. The Bertz CT molecular complexity index is 1290. The molecule has 3 aromatic carbocycles. The lowest BCUT2D eigenvalue weighted by Crippen LogP contribution is -2.47. The van der Waals surface area contributed by atoms with E-state index in [9.17, 15) is 22.7 Å². The number of carbonyl (C=O) groups is 1. The van der Waals surface area contributed by atoms with Crippen molar-refractivity contribution < 1.29 is 22.7 Å². The van der Waals surface area contributed by atoms with Crippen LogP contribution in [0.25, 0.3) is 0 Å². The third-order valence-corrected chi connectivity index (χ3v) is 6.97. The zero-order chi connectivity index (χ0) is 23.6. The van der Waals surface area contributed by atoms with Crippen molar-refractivity contribution in [2.75, 3.05) is 40.7 Å². The van der Waals surface area contributed by atoms with E-state index in [0.29, 0.717) is 37.6 Å². The van der Waals surface area contributed by atoms with Crippen molar-refractivity contribution in [2.24, 2.45) is 0 Å². The molecule has 4 rings (SSSR count). The number of anilines is 3. The van der Waals surface area contributed by atoms with E-state index in [1.807, 2.05) is 9.80 Å². The van der Waals surface area contributed by atoms with Crippen molar-refractivity contribution in [1.82, 2.24) is 0 Å². The van der Waals surface area contributed by atoms with Crippen molar-refractivity contribution in [2.45, 2.75) is 11.8 Å². The zero-order valence-electron chi connectivity index (χ0n) is 18.0. The highest BCUT2D eigenvalue weighted by molar-refractivity contribution is 7.92. The molecule has 0 bridgehead atoms. The molecule has 0 radical (unpaired) electrons. The minimum absolute atomic E-state index is 0.00113. The molecule has 1 aliphatic heterocycles. The highest BCUT2D eigenvalue weighted by atomic mass is 32.2. The van der Waals surface area contributed by atoms with Crippen LogP contribution < -0.4 is 14.5 Å². The standard InChI is InChI=1S/C24H24FN3O4S/c1-17-5-4-6-19(15-17)33(31,32)26-18-9-10-22(20(16-18)24(29)30)27-11-13-28(14-12-27)23-8-3-2-7-21(23)25/h2-10,15-16,26H,11-14H2,1H3,(H,29,30). The third-order valence-electron chi connectivity index (χ3n) is 5.59. The van der Waals surface area contributed by atoms with Gasteiger partial charge in [-0.2, -0.15) is 0 Å². The molecule has 7 nitrogen and oxygen atoms in total. The first-order valence-electron chi connectivity index (χ1n) is 10.5. The van der Waals surface area contributed by atoms with Crippen LogP contribution in [0, 0.1) is 12.7 Å². The number of carboxylic acid groups (broad SMARTS) is 1. The summed E-state index contributed by atoms with van der Waals surface area (Å²) < 4.78 is 42.0. The lowest BCUT2D eigenvalue weighted by molar-refractivity contribution is 0.0697. The number of benzene rings is 3. The smallest absolute Gasteiger partial charge is 0.337 e. The number of hydrogen-bond donors (Lipinski definition) is 2. The predicted molar refractivity (Wildman–Crippen MR) is 126 cm³/mol. The van der Waals surface area contributed by atoms with Gasteiger partial charge in [0, 0.05) is 31.9 Å². The van der Waals surface area contributed by atoms with Gasteiger partial charge in [0.05, 0.1) is 21.8 Å². The fourth-order valence-corrected chi connectivity index (χ4v) is 5.09. The minimum Gasteiger partial charge on any atom is -0.478 e. The molecule has 1 heterocycles. The summed E-state index contributed by atoms with van der Waals surface area (Å²) >= 11 is 0. The summed E-state index contributed by atoms with van der Waals surface area (Å²) in [6, 6.07) is 17.5. The Morgan fingerprint density at radius 2 is 1.58 bits per heavy atom. The van der Waals surface area contributed by atoms with Gasteiger partial charge in [-0.15, -0.1) is 0 Å². The van der Waals surface area contributed by atoms with Gasteiger partial charge in [-0.3, -0.25) is 4.72 Å². The normalized spacial score (nSPS) is 14.2. The van der Waals surface area contributed by atoms with Crippen LogP contribution >= 0.6 is 0 Å². The molecule has 172 valence electrons. The van der Waals surface area contributed by atoms with E-state index in [2.05, 4.69) is 4.72 Å². The highest BCUT2D eigenvalue weighted by Crippen LogP contribution is 2.28. The van der Waals surface area contributed by atoms with Crippen LogP contribution in [0.1, 0.15) is 15.9 Å². The average Bonchev–Trinajstić information content (AvgIpc) is 2.79. The Hall–Kier alpha value is -3.59. The molecule has 1 aliphatic rings. The monoisotopic (exact) mass is 469 g/mol. The van der Waals surface area contributed by atoms with Gasteiger partial charge in [0.15, 0.2) is 0 Å². The number of sulfonamides is 1. The molecule has 0 unspecified atom stereocenters. The first-order valence-corrected chi connectivity index (χ1v) is 11.9. The Kier molecular flexibility index (Phi) is 6.24. The quantitative estimate of drug-likeness (QED) is 0.568. The van der Waals surface area contributed by atoms with E-state index in [-0.39, 0.29) is 22.0 Å². The van der Waals surface area contributed by atoms with Crippen LogP contribution in [0.4, 0.5) is 21.5 Å². The molecule has 9 heteroatoms. The van der Waals surface area contributed by atoms with Gasteiger partial charge in [-0.25, -0.2) is 17.6 Å². The fraction of sp³-hybridized carbons (Fsp3) is 0.208. The van der Waals surface area contributed by atoms with Crippen molar-refractivity contribution >= 4 is 33.1 Å². The van der Waals surface area contributed by atoms with Crippen molar-refractivity contribution in [3.63, 3.8) is 0 Å². The number of nitrogens with one attached hydrogen (secondary N) is 1. The number of nitrogens with zero attached hydrogens (tertiary/aromatic N) is 2. The van der Waals surface area contributed by atoms with E-state index in [1.165, 1.54) is 18.2 Å². The summed E-state index contributed by atoms with van der Waals surface area (Å²) in [5, 5.41) is 9.77. The Morgan fingerprint density at radius 3 is 2.21 bits per heavy atom. The second-order valence-corrected chi connectivity index (χ2v) is 9.57. The first-order chi connectivity index (χ1) is 15.7. The second-order valence-electron chi connectivity index (χ2n) is 7.88. The number of aromatic carboxylic acids is 1. The van der Waals surface area contributed by atoms with Crippen molar-refractivity contribution in [1.29, 1.82) is 0 Å². The zero-order valence-corrected chi connectivity index (χ0v) is 18.8. The Balaban J connectivity index is 1.53. The summed E-state index contributed by atoms with van der Waals surface area (Å²) in [5.74, 6) is -1.44. The number of carboxylic acids is 1. The van der Waals surface area contributed by atoms with Gasteiger partial charge in [0.2, 0.25) is 0 Å². The van der Waals surface area contributed by atoms with E-state index in [4.69, 9.17) is 0 Å². The van der Waals surface area contributed by atoms with Crippen LogP contribution in [0.3, 0.4) is 0 Å². The molecule has 0 aromatic heterocycles. The summed E-state index contributed by atoms with van der Waals surface area (Å²) in [6.07, 6.45) is 0. The van der Waals surface area contributed by atoms with E-state index < -0.39 is 16.0 Å². The van der Waals surface area contributed by atoms with Crippen molar-refractivity contribution in [3.8, 4) is 0 Å². The van der Waals surface area contributed by atoms with Gasteiger partial charge in [0.1, 0.15) is 5.82 Å². The van der Waals surface area contributed by atoms with Crippen molar-refractivity contribution in [3.05, 3.63) is 83.7 Å². The van der Waals surface area contributed by atoms with E-state index in [1.54, 1.807) is 55.5 Å². The molecule has 33 heavy (non-hydrogen) atoms. The van der Waals surface area contributed by atoms with Crippen LogP contribution in [0.2, 0.25) is 0 Å². The van der Waals surface area contributed by atoms with Crippen LogP contribution in [0.15, 0.2) is 71.6 Å². The number of hydrogen-bond acceptors (Lipinski definition) is 5. The predicted octanol–water partition coefficient (Wildman–Crippen LogP) is 3.96. The SMILES string of the molecule is Cc1cccc(S(=O)(=O)Nc2ccc(N3CCN(c4ccccc4F)CC3)c(C(=O)O)c2)c1. The first kappa shape index (κ1) is 22.6. The Labute approximate surface area is 192 Å². The van der Waals surface area contributed by atoms with E-state index in [0.717, 1.165) is 5.56 Å². The summed E-state index contributed by atoms with van der Waals surface area (Å²) in [7, 11) is -3.86. The molecule has 1 fully saturated rings. The molecule has 0 spiro atoms. The Morgan fingerprint density at radius 1 is 0.909 bits per heavy atom. The maximum absolute atomic E-state index is 14.1. The van der Waals surface area contributed by atoms with Crippen LogP contribution in [-0.2, 0) is 10.0 Å². The average molecular weight is 470 g/mol. The molecule has 0 saturated carbocycles. The van der Waals surface area contributed by atoms with Gasteiger partial charge in [-0.1, -0.05) is 24.3 Å². The molecule has 0 atom stereocenters. The number of piperazine rings is 1. The number of para-hydroxylation sites is 1. The van der Waals surface area contributed by atoms with E-state index >= 15 is 0 Å². The van der Waals surface area contributed by atoms with Gasteiger partial charge in [0.25, 0.3) is 10.0 Å². The maximum Gasteiger partial charge on any atom is 0.337 e. The largest absolute Gasteiger partial charge is 0.478 e. The second kappa shape index (κ2) is 9.11. The maximum atomic E-state index is 14.1. The summed E-state index contributed by atoms with van der Waals surface area (Å²) in [4.78, 5) is 15.9. The third kappa shape index (κ3) is 4.93. The molecule has 2 N–H and O–H groups in total. The van der Waals surface area contributed by atoms with Gasteiger partial charge < -0.3 is 14.9 Å². The van der Waals surface area contributed by atoms with Gasteiger partial charge in [-0.05, 0) is 55.0 Å². The van der Waals surface area contributed by atoms with Gasteiger partial charge >= 0.3 is 5.97 Å². The number of aryl methyl sites for hydroxylation is 1. The number of rotatable bonds is 6. The number of halogens is 1. The summed E-state index contributed by atoms with van der Waals surface area (Å²) in [6.45, 7) is 3.86. The summed E-state index contributed by atoms with van der Waals surface area (Å²) in [5.41, 5.74) is 1.99. The molecule has 0 aliphatic carbocycles. The fourth-order valence-electron chi connectivity index (χ4n) is 3.94. The van der Waals surface area contributed by atoms with Crippen LogP contribution in [0.5, 0.6) is 0 Å². The lowest BCUT2D eigenvalue weighted by Gasteiger charge is -2.38. The minimum atomic E-state index is -3.86. The van der Waals surface area contributed by atoms with Crippen LogP contribution in [-0.4, -0.2) is 45.7 Å². The topological polar surface area (TPSA) is 90.0 Å². The molecular formula is C24H24FN3O4S. The lowest BCUT2D eigenvalue weighted by atomic mass is 10.1. The molecular weight excluding hydrogens is 445 g/mol.